The number of halogens is 3. The van der Waals surface area contributed by atoms with Gasteiger partial charge in [0, 0.05) is 24.2 Å². The molecule has 0 atom stereocenters. The Balaban J connectivity index is 0.00000180. The van der Waals surface area contributed by atoms with Gasteiger partial charge in [-0.3, -0.25) is 4.79 Å². The van der Waals surface area contributed by atoms with Crippen molar-refractivity contribution >= 4 is 29.9 Å². The van der Waals surface area contributed by atoms with Gasteiger partial charge in [-0.1, -0.05) is 11.6 Å². The predicted octanol–water partition coefficient (Wildman–Crippen LogP) is 2.39. The molecular formula is C13H17Cl2FN2O. The molecule has 0 radical (unpaired) electrons. The molecule has 3 nitrogen and oxygen atoms in total. The molecule has 1 heterocycles. The van der Waals surface area contributed by atoms with Crippen molar-refractivity contribution in [1.82, 2.24) is 4.90 Å². The fourth-order valence-corrected chi connectivity index (χ4v) is 2.39. The summed E-state index contributed by atoms with van der Waals surface area (Å²) >= 11 is 5.76. The average molecular weight is 307 g/mol. The molecule has 6 heteroatoms. The predicted molar refractivity (Wildman–Crippen MR) is 76.2 cm³/mol. The van der Waals surface area contributed by atoms with Gasteiger partial charge in [0.25, 0.3) is 0 Å². The Morgan fingerprint density at radius 2 is 2.00 bits per heavy atom. The third-order valence-corrected chi connectivity index (χ3v) is 3.39. The van der Waals surface area contributed by atoms with Crippen molar-refractivity contribution in [1.29, 1.82) is 0 Å². The van der Waals surface area contributed by atoms with E-state index in [1.54, 1.807) is 11.0 Å². The summed E-state index contributed by atoms with van der Waals surface area (Å²) in [6, 6.07) is 4.39. The van der Waals surface area contributed by atoms with E-state index < -0.39 is 5.82 Å². The smallest absolute Gasteiger partial charge is 0.226 e. The van der Waals surface area contributed by atoms with E-state index in [1.807, 2.05) is 0 Å². The minimum atomic E-state index is -0.411. The Labute approximate surface area is 123 Å². The molecule has 1 aliphatic rings. The van der Waals surface area contributed by atoms with Crippen LogP contribution in [0.15, 0.2) is 18.2 Å². The maximum Gasteiger partial charge on any atom is 0.226 e. The minimum absolute atomic E-state index is 0. The van der Waals surface area contributed by atoms with Crippen molar-refractivity contribution in [3.63, 3.8) is 0 Å². The quantitative estimate of drug-likeness (QED) is 0.912. The van der Waals surface area contributed by atoms with Crippen LogP contribution in [0.5, 0.6) is 0 Å². The summed E-state index contributed by atoms with van der Waals surface area (Å²) in [6.07, 6.45) is 1.85. The van der Waals surface area contributed by atoms with Crippen molar-refractivity contribution in [2.75, 3.05) is 13.1 Å². The van der Waals surface area contributed by atoms with Gasteiger partial charge >= 0.3 is 0 Å². The monoisotopic (exact) mass is 306 g/mol. The molecule has 0 saturated carbocycles. The number of rotatable bonds is 2. The fraction of sp³-hybridized carbons (Fsp3) is 0.462. The van der Waals surface area contributed by atoms with Gasteiger partial charge in [-0.05, 0) is 36.6 Å². The van der Waals surface area contributed by atoms with Gasteiger partial charge in [0.05, 0.1) is 6.42 Å². The van der Waals surface area contributed by atoms with Crippen molar-refractivity contribution in [2.45, 2.75) is 25.3 Å². The molecule has 2 rings (SSSR count). The maximum atomic E-state index is 13.1. The lowest BCUT2D eigenvalue weighted by atomic mass is 10.0. The summed E-state index contributed by atoms with van der Waals surface area (Å²) in [6.45, 7) is 1.37. The molecule has 2 N–H and O–H groups in total. The van der Waals surface area contributed by atoms with E-state index in [2.05, 4.69) is 0 Å². The van der Waals surface area contributed by atoms with E-state index >= 15 is 0 Å². The van der Waals surface area contributed by atoms with E-state index in [0.717, 1.165) is 12.8 Å². The first-order chi connectivity index (χ1) is 8.54. The Morgan fingerprint density at radius 1 is 1.37 bits per heavy atom. The van der Waals surface area contributed by atoms with E-state index in [4.69, 9.17) is 17.3 Å². The van der Waals surface area contributed by atoms with Gasteiger partial charge in [-0.25, -0.2) is 4.39 Å². The van der Waals surface area contributed by atoms with Gasteiger partial charge in [0.15, 0.2) is 0 Å². The molecule has 0 aromatic heterocycles. The number of carbonyl (C=O) groups excluding carboxylic acids is 1. The van der Waals surface area contributed by atoms with Crippen LogP contribution in [0.2, 0.25) is 5.02 Å². The third kappa shape index (κ3) is 4.64. The standard InChI is InChI=1S/C13H16ClFN2O.ClH/c14-10-5-9(6-11(15)8-10)7-13(18)17-3-1-12(16)2-4-17;/h5-6,8,12H,1-4,7,16H2;1H. The maximum absolute atomic E-state index is 13.1. The lowest BCUT2D eigenvalue weighted by molar-refractivity contribution is -0.131. The highest BCUT2D eigenvalue weighted by Gasteiger charge is 2.20. The highest BCUT2D eigenvalue weighted by Crippen LogP contribution is 2.16. The number of likely N-dealkylation sites (tertiary alicyclic amines) is 1. The molecule has 1 aromatic carbocycles. The van der Waals surface area contributed by atoms with Crippen LogP contribution in [0.4, 0.5) is 4.39 Å². The normalized spacial score (nSPS) is 16.1. The van der Waals surface area contributed by atoms with Gasteiger partial charge < -0.3 is 10.6 Å². The van der Waals surface area contributed by atoms with Crippen LogP contribution in [0, 0.1) is 5.82 Å². The SMILES string of the molecule is Cl.NC1CCN(C(=O)Cc2cc(F)cc(Cl)c2)CC1. The zero-order valence-electron chi connectivity index (χ0n) is 10.4. The number of nitrogens with two attached hydrogens (primary N) is 1. The Hall–Kier alpha value is -0.840. The van der Waals surface area contributed by atoms with Crippen molar-refractivity contribution in [3.05, 3.63) is 34.6 Å². The Kier molecular flexibility index (Phi) is 6.04. The highest BCUT2D eigenvalue weighted by atomic mass is 35.5. The molecule has 1 aliphatic heterocycles. The summed E-state index contributed by atoms with van der Waals surface area (Å²) in [5.74, 6) is -0.408. The molecule has 1 fully saturated rings. The zero-order valence-corrected chi connectivity index (χ0v) is 12.0. The summed E-state index contributed by atoms with van der Waals surface area (Å²) in [4.78, 5) is 13.8. The first-order valence-electron chi connectivity index (χ1n) is 6.03. The topological polar surface area (TPSA) is 46.3 Å². The van der Waals surface area contributed by atoms with Crippen LogP contribution in [0.25, 0.3) is 0 Å². The molecular weight excluding hydrogens is 290 g/mol. The highest BCUT2D eigenvalue weighted by molar-refractivity contribution is 6.30. The Morgan fingerprint density at radius 3 is 2.58 bits per heavy atom. The molecule has 0 aliphatic carbocycles. The second-order valence-electron chi connectivity index (χ2n) is 4.67. The van der Waals surface area contributed by atoms with E-state index in [1.165, 1.54) is 12.1 Å². The van der Waals surface area contributed by atoms with Crippen LogP contribution >= 0.6 is 24.0 Å². The molecule has 0 bridgehead atoms. The van der Waals surface area contributed by atoms with Crippen molar-refractivity contribution < 1.29 is 9.18 Å². The number of carbonyl (C=O) groups is 1. The summed E-state index contributed by atoms with van der Waals surface area (Å²) in [7, 11) is 0. The first-order valence-corrected chi connectivity index (χ1v) is 6.41. The lowest BCUT2D eigenvalue weighted by Gasteiger charge is -2.30. The van der Waals surface area contributed by atoms with Crippen LogP contribution < -0.4 is 5.73 Å². The summed E-state index contributed by atoms with van der Waals surface area (Å²) in [5.41, 5.74) is 6.40. The number of hydrogen-bond acceptors (Lipinski definition) is 2. The van der Waals surface area contributed by atoms with Gasteiger partial charge in [0.2, 0.25) is 5.91 Å². The number of hydrogen-bond donors (Lipinski definition) is 1. The second kappa shape index (κ2) is 7.08. The number of piperidine rings is 1. The van der Waals surface area contributed by atoms with E-state index in [-0.39, 0.29) is 30.8 Å². The molecule has 106 valence electrons. The molecule has 1 saturated heterocycles. The Bertz CT molecular complexity index is 428. The summed E-state index contributed by atoms with van der Waals surface area (Å²) in [5, 5.41) is 0.318. The average Bonchev–Trinajstić information content (AvgIpc) is 2.28. The minimum Gasteiger partial charge on any atom is -0.342 e. The third-order valence-electron chi connectivity index (χ3n) is 3.17. The molecule has 0 unspecified atom stereocenters. The molecule has 19 heavy (non-hydrogen) atoms. The number of nitrogens with zero attached hydrogens (tertiary/aromatic N) is 1. The van der Waals surface area contributed by atoms with Gasteiger partial charge in [-0.2, -0.15) is 0 Å². The van der Waals surface area contributed by atoms with Crippen molar-refractivity contribution in [2.24, 2.45) is 5.73 Å². The second-order valence-corrected chi connectivity index (χ2v) is 5.11. The van der Waals surface area contributed by atoms with E-state index in [0.29, 0.717) is 23.7 Å². The fourth-order valence-electron chi connectivity index (χ4n) is 2.15. The van der Waals surface area contributed by atoms with Crippen LogP contribution in [-0.4, -0.2) is 29.9 Å². The van der Waals surface area contributed by atoms with Crippen LogP contribution in [-0.2, 0) is 11.2 Å². The molecule has 1 amide bonds. The lowest BCUT2D eigenvalue weighted by Crippen LogP contribution is -2.43. The first kappa shape index (κ1) is 16.2. The number of benzene rings is 1. The number of amides is 1. The van der Waals surface area contributed by atoms with Gasteiger partial charge in [-0.15, -0.1) is 12.4 Å². The largest absolute Gasteiger partial charge is 0.342 e. The van der Waals surface area contributed by atoms with Crippen LogP contribution in [0.1, 0.15) is 18.4 Å². The molecule has 0 spiro atoms. The van der Waals surface area contributed by atoms with Gasteiger partial charge in [0.1, 0.15) is 5.82 Å². The van der Waals surface area contributed by atoms with Crippen molar-refractivity contribution in [3.8, 4) is 0 Å². The van der Waals surface area contributed by atoms with Crippen LogP contribution in [0.3, 0.4) is 0 Å². The van der Waals surface area contributed by atoms with E-state index in [9.17, 15) is 9.18 Å². The summed E-state index contributed by atoms with van der Waals surface area (Å²) < 4.78 is 13.1. The zero-order chi connectivity index (χ0) is 13.1. The molecule has 1 aromatic rings.